The van der Waals surface area contributed by atoms with Crippen LogP contribution in [0.2, 0.25) is 0 Å². The summed E-state index contributed by atoms with van der Waals surface area (Å²) in [5.41, 5.74) is 1.01. The molecule has 0 saturated heterocycles. The second-order valence-electron chi connectivity index (χ2n) is 7.25. The van der Waals surface area contributed by atoms with Crippen LogP contribution >= 0.6 is 0 Å². The molecular weight excluding hydrogens is 347 g/mol. The predicted molar refractivity (Wildman–Crippen MR) is 103 cm³/mol. The first-order valence-corrected chi connectivity index (χ1v) is 8.79. The van der Waals surface area contributed by atoms with Gasteiger partial charge in [-0.3, -0.25) is 9.59 Å². The second-order valence-corrected chi connectivity index (χ2v) is 7.25. The fraction of sp³-hybridized carbons (Fsp3) is 0.333. The van der Waals surface area contributed by atoms with Gasteiger partial charge in [0, 0.05) is 30.1 Å². The van der Waals surface area contributed by atoms with Crippen LogP contribution in [-0.2, 0) is 16.2 Å². The molecule has 0 spiro atoms. The van der Waals surface area contributed by atoms with Gasteiger partial charge in [-0.05, 0) is 29.8 Å². The molecule has 2 aromatic carbocycles. The topological polar surface area (TPSA) is 67.4 Å². The summed E-state index contributed by atoms with van der Waals surface area (Å²) in [5, 5.41) is 5.54. The largest absolute Gasteiger partial charge is 0.489 e. The molecule has 6 heteroatoms. The summed E-state index contributed by atoms with van der Waals surface area (Å²) in [6, 6.07) is 13.2. The van der Waals surface area contributed by atoms with Crippen molar-refractivity contribution in [2.24, 2.45) is 5.41 Å². The van der Waals surface area contributed by atoms with Gasteiger partial charge in [0.25, 0.3) is 0 Å². The van der Waals surface area contributed by atoms with Gasteiger partial charge in [0.05, 0.1) is 0 Å². The number of rotatable bonds is 7. The van der Waals surface area contributed by atoms with Gasteiger partial charge in [-0.2, -0.15) is 0 Å². The molecule has 2 amide bonds. The number of anilines is 1. The first-order valence-electron chi connectivity index (χ1n) is 8.79. The molecule has 2 rings (SSSR count). The maximum atomic E-state index is 13.2. The molecule has 0 heterocycles. The van der Waals surface area contributed by atoms with Crippen molar-refractivity contribution in [3.63, 3.8) is 0 Å². The van der Waals surface area contributed by atoms with Gasteiger partial charge in [0.2, 0.25) is 11.8 Å². The summed E-state index contributed by atoms with van der Waals surface area (Å²) in [6.07, 6.45) is 0.186. The number of benzene rings is 2. The zero-order chi connectivity index (χ0) is 19.9. The predicted octanol–water partition coefficient (Wildman–Crippen LogP) is 3.90. The van der Waals surface area contributed by atoms with Gasteiger partial charge in [-0.15, -0.1) is 0 Å². The van der Waals surface area contributed by atoms with Gasteiger partial charge >= 0.3 is 0 Å². The highest BCUT2D eigenvalue weighted by Crippen LogP contribution is 2.16. The highest BCUT2D eigenvalue weighted by atomic mass is 19.1. The molecule has 0 bridgehead atoms. The number of hydrogen-bond acceptors (Lipinski definition) is 3. The van der Waals surface area contributed by atoms with Crippen molar-refractivity contribution in [2.75, 3.05) is 11.9 Å². The van der Waals surface area contributed by atoms with E-state index in [9.17, 15) is 14.0 Å². The number of hydrogen-bond donors (Lipinski definition) is 2. The minimum atomic E-state index is -0.480. The van der Waals surface area contributed by atoms with Crippen molar-refractivity contribution >= 4 is 17.5 Å². The number of amides is 2. The highest BCUT2D eigenvalue weighted by Gasteiger charge is 2.20. The zero-order valence-electron chi connectivity index (χ0n) is 15.8. The normalized spacial score (nSPS) is 11.0. The van der Waals surface area contributed by atoms with E-state index in [-0.39, 0.29) is 37.2 Å². The second kappa shape index (κ2) is 9.16. The van der Waals surface area contributed by atoms with E-state index >= 15 is 0 Å². The van der Waals surface area contributed by atoms with Crippen LogP contribution in [-0.4, -0.2) is 18.4 Å². The SMILES string of the molecule is CC(C)(C)C(=O)NCCC(=O)Nc1cccc(COc2cccc(F)c2)c1. The Morgan fingerprint density at radius 2 is 1.81 bits per heavy atom. The molecule has 2 N–H and O–H groups in total. The lowest BCUT2D eigenvalue weighted by atomic mass is 9.96. The molecule has 144 valence electrons. The fourth-order valence-corrected chi connectivity index (χ4v) is 2.24. The third-order valence-corrected chi connectivity index (χ3v) is 3.73. The van der Waals surface area contributed by atoms with Gasteiger partial charge in [0.1, 0.15) is 18.2 Å². The quantitative estimate of drug-likeness (QED) is 0.775. The summed E-state index contributed by atoms with van der Waals surface area (Å²) in [6.45, 7) is 6.00. The summed E-state index contributed by atoms with van der Waals surface area (Å²) >= 11 is 0. The molecule has 0 radical (unpaired) electrons. The van der Waals surface area contributed by atoms with Crippen LogP contribution in [0.3, 0.4) is 0 Å². The minimum Gasteiger partial charge on any atom is -0.489 e. The average molecular weight is 372 g/mol. The van der Waals surface area contributed by atoms with Crippen LogP contribution in [0.5, 0.6) is 5.75 Å². The number of nitrogens with one attached hydrogen (secondary N) is 2. The van der Waals surface area contributed by atoms with Gasteiger partial charge in [-0.1, -0.05) is 39.0 Å². The highest BCUT2D eigenvalue weighted by molar-refractivity contribution is 5.91. The van der Waals surface area contributed by atoms with Crippen molar-refractivity contribution in [3.8, 4) is 5.75 Å². The molecule has 27 heavy (non-hydrogen) atoms. The van der Waals surface area contributed by atoms with Crippen LogP contribution in [0.1, 0.15) is 32.8 Å². The Hall–Kier alpha value is -2.89. The maximum absolute atomic E-state index is 13.2. The van der Waals surface area contributed by atoms with E-state index in [2.05, 4.69) is 10.6 Å². The molecule has 0 unspecified atom stereocenters. The van der Waals surface area contributed by atoms with E-state index in [1.807, 2.05) is 26.8 Å². The molecule has 0 aliphatic heterocycles. The van der Waals surface area contributed by atoms with E-state index in [0.29, 0.717) is 11.4 Å². The zero-order valence-corrected chi connectivity index (χ0v) is 15.8. The number of carbonyl (C=O) groups is 2. The Labute approximate surface area is 158 Å². The van der Waals surface area contributed by atoms with E-state index in [1.165, 1.54) is 12.1 Å². The Kier molecular flexibility index (Phi) is 6.93. The van der Waals surface area contributed by atoms with Gasteiger partial charge < -0.3 is 15.4 Å². The minimum absolute atomic E-state index is 0.0909. The van der Waals surface area contributed by atoms with E-state index in [1.54, 1.807) is 30.3 Å². The molecular formula is C21H25FN2O3. The average Bonchev–Trinajstić information content (AvgIpc) is 2.59. The summed E-state index contributed by atoms with van der Waals surface area (Å²) in [5.74, 6) is -0.190. The molecule has 0 aromatic heterocycles. The van der Waals surface area contributed by atoms with Crippen molar-refractivity contribution in [2.45, 2.75) is 33.8 Å². The third kappa shape index (κ3) is 7.09. The van der Waals surface area contributed by atoms with Crippen LogP contribution in [0, 0.1) is 11.2 Å². The fourth-order valence-electron chi connectivity index (χ4n) is 2.24. The molecule has 0 atom stereocenters. The third-order valence-electron chi connectivity index (χ3n) is 3.73. The van der Waals surface area contributed by atoms with E-state index in [0.717, 1.165) is 5.56 Å². The lowest BCUT2D eigenvalue weighted by molar-refractivity contribution is -0.128. The van der Waals surface area contributed by atoms with Crippen LogP contribution in [0.15, 0.2) is 48.5 Å². The van der Waals surface area contributed by atoms with Gasteiger partial charge in [-0.25, -0.2) is 4.39 Å². The molecule has 0 fully saturated rings. The smallest absolute Gasteiger partial charge is 0.226 e. The van der Waals surface area contributed by atoms with Crippen molar-refractivity contribution in [1.82, 2.24) is 5.32 Å². The van der Waals surface area contributed by atoms with E-state index < -0.39 is 5.41 Å². The molecule has 0 saturated carbocycles. The van der Waals surface area contributed by atoms with Crippen LogP contribution in [0.4, 0.5) is 10.1 Å². The first-order chi connectivity index (χ1) is 12.7. The summed E-state index contributed by atoms with van der Waals surface area (Å²) in [4.78, 5) is 23.8. The Balaban J connectivity index is 1.82. The Morgan fingerprint density at radius 1 is 1.07 bits per heavy atom. The first kappa shape index (κ1) is 20.4. The van der Waals surface area contributed by atoms with Crippen LogP contribution in [0.25, 0.3) is 0 Å². The number of carbonyl (C=O) groups excluding carboxylic acids is 2. The number of halogens is 1. The molecule has 0 aliphatic carbocycles. The standard InChI is InChI=1S/C21H25FN2O3/c1-21(2,3)20(26)23-11-10-19(25)24-17-8-4-6-15(12-17)14-27-18-9-5-7-16(22)13-18/h4-9,12-13H,10-11,14H2,1-3H3,(H,23,26)(H,24,25). The summed E-state index contributed by atoms with van der Waals surface area (Å²) < 4.78 is 18.7. The lowest BCUT2D eigenvalue weighted by Gasteiger charge is -2.17. The van der Waals surface area contributed by atoms with Gasteiger partial charge in [0.15, 0.2) is 0 Å². The Bertz CT molecular complexity index is 800. The van der Waals surface area contributed by atoms with Crippen molar-refractivity contribution in [3.05, 3.63) is 59.9 Å². The molecule has 0 aliphatic rings. The number of ether oxygens (including phenoxy) is 1. The van der Waals surface area contributed by atoms with Crippen molar-refractivity contribution < 1.29 is 18.7 Å². The summed E-state index contributed by atoms with van der Waals surface area (Å²) in [7, 11) is 0. The van der Waals surface area contributed by atoms with Crippen LogP contribution < -0.4 is 15.4 Å². The molecule has 2 aromatic rings. The molecule has 5 nitrogen and oxygen atoms in total. The van der Waals surface area contributed by atoms with Crippen molar-refractivity contribution in [1.29, 1.82) is 0 Å². The van der Waals surface area contributed by atoms with E-state index in [4.69, 9.17) is 4.74 Å². The monoisotopic (exact) mass is 372 g/mol. The Morgan fingerprint density at radius 3 is 2.52 bits per heavy atom. The lowest BCUT2D eigenvalue weighted by Crippen LogP contribution is -2.36. The maximum Gasteiger partial charge on any atom is 0.226 e.